The fourth-order valence-electron chi connectivity index (χ4n) is 3.33. The molecule has 2 aliphatic rings. The highest BCUT2D eigenvalue weighted by atomic mass is 16.7. The van der Waals surface area contributed by atoms with E-state index in [9.17, 15) is 9.59 Å². The minimum absolute atomic E-state index is 0.0124. The number of carbonyl (C=O) groups is 2. The number of hydrogen-bond acceptors (Lipinski definition) is 4. The molecule has 2 unspecified atom stereocenters. The minimum atomic E-state index is -0.342. The number of anilines is 1. The van der Waals surface area contributed by atoms with Gasteiger partial charge in [0.05, 0.1) is 11.6 Å². The Morgan fingerprint density at radius 3 is 2.58 bits per heavy atom. The molecule has 0 radical (unpaired) electrons. The average Bonchev–Trinajstić information content (AvgIpc) is 3.18. The van der Waals surface area contributed by atoms with Gasteiger partial charge in [0.1, 0.15) is 0 Å². The lowest BCUT2D eigenvalue weighted by molar-refractivity contribution is -0.122. The molecular weight excluding hydrogens is 306 g/mol. The van der Waals surface area contributed by atoms with Crippen molar-refractivity contribution in [3.63, 3.8) is 0 Å². The second kappa shape index (κ2) is 5.67. The highest BCUT2D eigenvalue weighted by Crippen LogP contribution is 2.40. The van der Waals surface area contributed by atoms with Gasteiger partial charge in [-0.15, -0.1) is 0 Å². The van der Waals surface area contributed by atoms with Crippen molar-refractivity contribution in [2.45, 2.75) is 19.3 Å². The molecule has 0 spiro atoms. The van der Waals surface area contributed by atoms with Crippen LogP contribution in [-0.2, 0) is 9.59 Å². The van der Waals surface area contributed by atoms with E-state index >= 15 is 0 Å². The molecule has 122 valence electrons. The van der Waals surface area contributed by atoms with Gasteiger partial charge in [0.15, 0.2) is 11.5 Å². The summed E-state index contributed by atoms with van der Waals surface area (Å²) >= 11 is 0. The maximum atomic E-state index is 12.9. The monoisotopic (exact) mass is 323 g/mol. The number of fused-ring (bicyclic) bond motifs is 1. The Morgan fingerprint density at radius 1 is 1.04 bits per heavy atom. The normalized spacial score (nSPS) is 20.5. The summed E-state index contributed by atoms with van der Waals surface area (Å²) in [5.74, 6) is 0.508. The summed E-state index contributed by atoms with van der Waals surface area (Å²) in [5.41, 5.74) is 1.60. The van der Waals surface area contributed by atoms with Gasteiger partial charge in [-0.25, -0.2) is 0 Å². The van der Waals surface area contributed by atoms with E-state index in [4.69, 9.17) is 9.47 Å². The topological polar surface area (TPSA) is 55.8 Å². The highest BCUT2D eigenvalue weighted by molar-refractivity contribution is 6.21. The maximum absolute atomic E-state index is 12.9. The van der Waals surface area contributed by atoms with Gasteiger partial charge in [0, 0.05) is 12.5 Å². The molecule has 2 amide bonds. The summed E-state index contributed by atoms with van der Waals surface area (Å²) in [6.07, 6.45) is 0.226. The Balaban J connectivity index is 1.62. The Morgan fingerprint density at radius 2 is 1.79 bits per heavy atom. The summed E-state index contributed by atoms with van der Waals surface area (Å²) in [6.45, 7) is 2.16. The van der Waals surface area contributed by atoms with Crippen LogP contribution in [-0.4, -0.2) is 18.6 Å². The van der Waals surface area contributed by atoms with Crippen LogP contribution in [0.2, 0.25) is 0 Å². The number of rotatable bonds is 3. The van der Waals surface area contributed by atoms with Crippen LogP contribution in [0.4, 0.5) is 5.69 Å². The molecule has 24 heavy (non-hydrogen) atoms. The lowest BCUT2D eigenvalue weighted by Crippen LogP contribution is -2.31. The first-order valence-electron chi connectivity index (χ1n) is 7.96. The van der Waals surface area contributed by atoms with Crippen LogP contribution in [0.1, 0.15) is 24.8 Å². The van der Waals surface area contributed by atoms with Crippen molar-refractivity contribution in [1.82, 2.24) is 0 Å². The first-order chi connectivity index (χ1) is 11.6. The Bertz CT molecular complexity index is 802. The third kappa shape index (κ3) is 2.33. The van der Waals surface area contributed by atoms with E-state index in [1.165, 1.54) is 4.90 Å². The van der Waals surface area contributed by atoms with Crippen molar-refractivity contribution in [3.05, 3.63) is 54.1 Å². The lowest BCUT2D eigenvalue weighted by atomic mass is 9.86. The molecule has 0 bridgehead atoms. The standard InChI is InChI=1S/C19H17NO4/c1-12(13-5-3-2-4-6-13)15-10-18(21)20(19(15)22)14-7-8-16-17(9-14)24-11-23-16/h2-9,12,15H,10-11H2,1H3. The Hall–Kier alpha value is -2.82. The molecule has 2 heterocycles. The van der Waals surface area contributed by atoms with Crippen LogP contribution in [0.15, 0.2) is 48.5 Å². The number of amides is 2. The SMILES string of the molecule is CC(c1ccccc1)C1CC(=O)N(c2ccc3c(c2)OCO3)C1=O. The molecule has 0 aromatic heterocycles. The third-order valence-corrected chi connectivity index (χ3v) is 4.72. The largest absolute Gasteiger partial charge is 0.454 e. The van der Waals surface area contributed by atoms with Gasteiger partial charge in [-0.1, -0.05) is 37.3 Å². The van der Waals surface area contributed by atoms with Gasteiger partial charge in [0.25, 0.3) is 0 Å². The summed E-state index contributed by atoms with van der Waals surface area (Å²) in [7, 11) is 0. The summed E-state index contributed by atoms with van der Waals surface area (Å²) in [6, 6.07) is 15.0. The van der Waals surface area contributed by atoms with E-state index in [2.05, 4.69) is 0 Å². The maximum Gasteiger partial charge on any atom is 0.237 e. The van der Waals surface area contributed by atoms with E-state index in [-0.39, 0.29) is 36.9 Å². The fraction of sp³-hybridized carbons (Fsp3) is 0.263. The van der Waals surface area contributed by atoms with Gasteiger partial charge < -0.3 is 9.47 Å². The zero-order valence-corrected chi connectivity index (χ0v) is 13.3. The molecule has 2 atom stereocenters. The average molecular weight is 323 g/mol. The van der Waals surface area contributed by atoms with Gasteiger partial charge >= 0.3 is 0 Å². The smallest absolute Gasteiger partial charge is 0.237 e. The van der Waals surface area contributed by atoms with Crippen LogP contribution in [0.5, 0.6) is 11.5 Å². The highest BCUT2D eigenvalue weighted by Gasteiger charge is 2.42. The summed E-state index contributed by atoms with van der Waals surface area (Å²) in [5, 5.41) is 0. The third-order valence-electron chi connectivity index (χ3n) is 4.72. The summed E-state index contributed by atoms with van der Waals surface area (Å²) < 4.78 is 10.6. The van der Waals surface area contributed by atoms with E-state index in [0.717, 1.165) is 5.56 Å². The van der Waals surface area contributed by atoms with Crippen molar-refractivity contribution in [3.8, 4) is 11.5 Å². The molecule has 1 saturated heterocycles. The zero-order chi connectivity index (χ0) is 16.7. The van der Waals surface area contributed by atoms with Crippen molar-refractivity contribution in [2.24, 2.45) is 5.92 Å². The van der Waals surface area contributed by atoms with Crippen LogP contribution in [0, 0.1) is 5.92 Å². The second-order valence-electron chi connectivity index (χ2n) is 6.11. The molecule has 0 aliphatic carbocycles. The Kier molecular flexibility index (Phi) is 3.49. The van der Waals surface area contributed by atoms with Crippen molar-refractivity contribution in [2.75, 3.05) is 11.7 Å². The molecule has 1 fully saturated rings. The van der Waals surface area contributed by atoms with Crippen LogP contribution < -0.4 is 14.4 Å². The Labute approximate surface area is 139 Å². The number of hydrogen-bond donors (Lipinski definition) is 0. The molecule has 0 N–H and O–H groups in total. The van der Waals surface area contributed by atoms with Crippen molar-refractivity contribution >= 4 is 17.5 Å². The predicted octanol–water partition coefficient (Wildman–Crippen LogP) is 3.10. The first kappa shape index (κ1) is 14.8. The van der Waals surface area contributed by atoms with Crippen LogP contribution in [0.3, 0.4) is 0 Å². The van der Waals surface area contributed by atoms with E-state index in [1.54, 1.807) is 18.2 Å². The minimum Gasteiger partial charge on any atom is -0.454 e. The lowest BCUT2D eigenvalue weighted by Gasteiger charge is -2.19. The van der Waals surface area contributed by atoms with E-state index in [1.807, 2.05) is 37.3 Å². The zero-order valence-electron chi connectivity index (χ0n) is 13.3. The van der Waals surface area contributed by atoms with Crippen molar-refractivity contribution < 1.29 is 19.1 Å². The molecule has 2 aromatic carbocycles. The van der Waals surface area contributed by atoms with Crippen molar-refractivity contribution in [1.29, 1.82) is 0 Å². The quantitative estimate of drug-likeness (QED) is 0.815. The first-order valence-corrected chi connectivity index (χ1v) is 7.96. The van der Waals surface area contributed by atoms with Gasteiger partial charge in [-0.3, -0.25) is 14.5 Å². The number of imide groups is 1. The van der Waals surface area contributed by atoms with E-state index in [0.29, 0.717) is 17.2 Å². The molecule has 2 aromatic rings. The van der Waals surface area contributed by atoms with Gasteiger partial charge in [-0.2, -0.15) is 0 Å². The van der Waals surface area contributed by atoms with Gasteiger partial charge in [0.2, 0.25) is 18.6 Å². The molecule has 5 nitrogen and oxygen atoms in total. The molecule has 4 rings (SSSR count). The number of nitrogens with zero attached hydrogens (tertiary/aromatic N) is 1. The molecule has 2 aliphatic heterocycles. The number of carbonyl (C=O) groups excluding carboxylic acids is 2. The van der Waals surface area contributed by atoms with Crippen LogP contribution >= 0.6 is 0 Å². The fourth-order valence-corrected chi connectivity index (χ4v) is 3.33. The summed E-state index contributed by atoms with van der Waals surface area (Å²) in [4.78, 5) is 26.6. The van der Waals surface area contributed by atoms with Gasteiger partial charge in [-0.05, 0) is 23.6 Å². The number of benzene rings is 2. The number of ether oxygens (including phenoxy) is 2. The second-order valence-corrected chi connectivity index (χ2v) is 6.11. The van der Waals surface area contributed by atoms with E-state index < -0.39 is 0 Å². The van der Waals surface area contributed by atoms with Crippen LogP contribution in [0.25, 0.3) is 0 Å². The molecule has 5 heteroatoms. The molecular formula is C19H17NO4. The predicted molar refractivity (Wildman–Crippen MR) is 88.0 cm³/mol. The molecule has 0 saturated carbocycles.